The van der Waals surface area contributed by atoms with E-state index < -0.39 is 0 Å². The van der Waals surface area contributed by atoms with Gasteiger partial charge in [0.15, 0.2) is 18.1 Å². The van der Waals surface area contributed by atoms with Crippen molar-refractivity contribution in [1.82, 2.24) is 10.6 Å². The molecule has 2 heterocycles. The number of nitrogens with one attached hydrogen (secondary N) is 3. The second-order valence-electron chi connectivity index (χ2n) is 5.57. The third kappa shape index (κ3) is 6.29. The summed E-state index contributed by atoms with van der Waals surface area (Å²) in [5.41, 5.74) is 0. The van der Waals surface area contributed by atoms with Gasteiger partial charge in [-0.1, -0.05) is 6.92 Å². The molecule has 0 saturated carbocycles. The molecule has 24 heavy (non-hydrogen) atoms. The number of hydrogen-bond acceptors (Lipinski definition) is 4. The van der Waals surface area contributed by atoms with E-state index in [0.29, 0.717) is 19.6 Å². The molecule has 0 atom stereocenters. The molecule has 0 saturated heterocycles. The van der Waals surface area contributed by atoms with Gasteiger partial charge in [0.25, 0.3) is 5.91 Å². The number of hydrogen-bond donors (Lipinski definition) is 3. The Balaban J connectivity index is 1.84. The summed E-state index contributed by atoms with van der Waals surface area (Å²) in [4.78, 5) is 24.6. The fraction of sp³-hybridized carbons (Fsp3) is 0.412. The summed E-state index contributed by atoms with van der Waals surface area (Å²) in [6, 6.07) is 7.38. The zero-order valence-corrected chi connectivity index (χ0v) is 13.8. The van der Waals surface area contributed by atoms with Crippen LogP contribution in [0.5, 0.6) is 0 Å². The number of carbonyl (C=O) groups is 2. The van der Waals surface area contributed by atoms with Crippen LogP contribution in [0, 0.1) is 0 Å². The maximum atomic E-state index is 12.1. The van der Waals surface area contributed by atoms with Gasteiger partial charge in [-0.15, -0.1) is 0 Å². The predicted octanol–water partition coefficient (Wildman–Crippen LogP) is 0.100. The van der Waals surface area contributed by atoms with Gasteiger partial charge in [-0.25, -0.2) is 0 Å². The standard InChI is InChI=1S/C17H23N3O4/c1-2-7-18-16(21)10-19-17(22)13-20(11-14-5-3-8-23-14)12-15-6-4-9-24-15/h3-6,8-9H,2,7,10-13H2,1H3,(H,18,21)(H,19,22)/p+1. The second-order valence-corrected chi connectivity index (χ2v) is 5.57. The van der Waals surface area contributed by atoms with Crippen LogP contribution >= 0.6 is 0 Å². The SMILES string of the molecule is CCCNC(=O)CNC(=O)C[NH+](Cc1ccco1)Cc1ccco1. The Bertz CT molecular complexity index is 572. The van der Waals surface area contributed by atoms with Crippen LogP contribution in [-0.2, 0) is 22.7 Å². The van der Waals surface area contributed by atoms with E-state index in [1.165, 1.54) is 0 Å². The van der Waals surface area contributed by atoms with E-state index in [2.05, 4.69) is 10.6 Å². The molecule has 130 valence electrons. The highest BCUT2D eigenvalue weighted by atomic mass is 16.3. The molecule has 7 heteroatoms. The number of rotatable bonds is 10. The van der Waals surface area contributed by atoms with Crippen molar-refractivity contribution in [2.75, 3.05) is 19.6 Å². The quantitative estimate of drug-likeness (QED) is 0.575. The highest BCUT2D eigenvalue weighted by Gasteiger charge is 2.18. The molecule has 2 amide bonds. The minimum atomic E-state index is -0.185. The van der Waals surface area contributed by atoms with Crippen LogP contribution in [0.4, 0.5) is 0 Å². The lowest BCUT2D eigenvalue weighted by molar-refractivity contribution is -0.921. The van der Waals surface area contributed by atoms with E-state index in [0.717, 1.165) is 22.8 Å². The Morgan fingerprint density at radius 2 is 1.62 bits per heavy atom. The Hall–Kier alpha value is -2.54. The van der Waals surface area contributed by atoms with Crippen LogP contribution in [-0.4, -0.2) is 31.4 Å². The van der Waals surface area contributed by atoms with Crippen molar-refractivity contribution in [2.45, 2.75) is 26.4 Å². The van der Waals surface area contributed by atoms with Crippen LogP contribution in [0.2, 0.25) is 0 Å². The van der Waals surface area contributed by atoms with Gasteiger partial charge in [-0.3, -0.25) is 9.59 Å². The average molecular weight is 334 g/mol. The maximum absolute atomic E-state index is 12.1. The minimum Gasteiger partial charge on any atom is -0.463 e. The van der Waals surface area contributed by atoms with Crippen molar-refractivity contribution in [2.24, 2.45) is 0 Å². The Labute approximate surface area is 141 Å². The van der Waals surface area contributed by atoms with E-state index in [-0.39, 0.29) is 24.9 Å². The van der Waals surface area contributed by atoms with Gasteiger partial charge in [0.05, 0.1) is 19.1 Å². The molecule has 3 N–H and O–H groups in total. The lowest BCUT2D eigenvalue weighted by atomic mass is 10.3. The fourth-order valence-corrected chi connectivity index (χ4v) is 2.30. The summed E-state index contributed by atoms with van der Waals surface area (Å²) in [7, 11) is 0. The van der Waals surface area contributed by atoms with Crippen molar-refractivity contribution in [3.63, 3.8) is 0 Å². The van der Waals surface area contributed by atoms with E-state index in [1.807, 2.05) is 31.2 Å². The number of quaternary nitrogens is 1. The third-order valence-electron chi connectivity index (χ3n) is 3.44. The zero-order valence-electron chi connectivity index (χ0n) is 13.8. The first-order chi connectivity index (χ1) is 11.7. The lowest BCUT2D eigenvalue weighted by Gasteiger charge is -2.17. The Morgan fingerprint density at radius 3 is 2.12 bits per heavy atom. The summed E-state index contributed by atoms with van der Waals surface area (Å²) >= 11 is 0. The average Bonchev–Trinajstić information content (AvgIpc) is 3.24. The van der Waals surface area contributed by atoms with Crippen LogP contribution in [0.15, 0.2) is 45.6 Å². The zero-order chi connectivity index (χ0) is 17.2. The highest BCUT2D eigenvalue weighted by molar-refractivity contribution is 5.84. The first-order valence-corrected chi connectivity index (χ1v) is 8.09. The Kier molecular flexibility index (Phi) is 7.10. The van der Waals surface area contributed by atoms with Gasteiger partial charge in [0, 0.05) is 6.54 Å². The molecule has 0 spiro atoms. The summed E-state index contributed by atoms with van der Waals surface area (Å²) < 4.78 is 10.7. The monoisotopic (exact) mass is 334 g/mol. The molecule has 0 aliphatic rings. The Morgan fingerprint density at radius 1 is 1.00 bits per heavy atom. The number of amides is 2. The fourth-order valence-electron chi connectivity index (χ4n) is 2.30. The lowest BCUT2D eigenvalue weighted by Crippen LogP contribution is -3.10. The molecule has 2 rings (SSSR count). The number of carbonyl (C=O) groups excluding carboxylic acids is 2. The van der Waals surface area contributed by atoms with Crippen molar-refractivity contribution in [3.05, 3.63) is 48.3 Å². The van der Waals surface area contributed by atoms with Gasteiger partial charge in [0.1, 0.15) is 13.1 Å². The highest BCUT2D eigenvalue weighted by Crippen LogP contribution is 1.99. The molecular formula is C17H24N3O4+. The molecule has 0 aliphatic heterocycles. The van der Waals surface area contributed by atoms with Gasteiger partial charge in [-0.2, -0.15) is 0 Å². The van der Waals surface area contributed by atoms with Crippen LogP contribution in [0.1, 0.15) is 24.9 Å². The van der Waals surface area contributed by atoms with Crippen LogP contribution in [0.3, 0.4) is 0 Å². The largest absolute Gasteiger partial charge is 0.463 e. The van der Waals surface area contributed by atoms with Crippen molar-refractivity contribution < 1.29 is 23.3 Å². The molecule has 0 fully saturated rings. The smallest absolute Gasteiger partial charge is 0.275 e. The van der Waals surface area contributed by atoms with E-state index >= 15 is 0 Å². The molecule has 0 unspecified atom stereocenters. The van der Waals surface area contributed by atoms with E-state index in [4.69, 9.17) is 8.83 Å². The van der Waals surface area contributed by atoms with E-state index in [1.54, 1.807) is 12.5 Å². The normalized spacial score (nSPS) is 10.8. The molecule has 0 bridgehead atoms. The molecule has 2 aromatic heterocycles. The third-order valence-corrected chi connectivity index (χ3v) is 3.44. The van der Waals surface area contributed by atoms with Gasteiger partial charge in [-0.05, 0) is 30.7 Å². The molecule has 0 aromatic carbocycles. The summed E-state index contributed by atoms with van der Waals surface area (Å²) in [6.07, 6.45) is 4.08. The predicted molar refractivity (Wildman–Crippen MR) is 87.0 cm³/mol. The van der Waals surface area contributed by atoms with Crippen molar-refractivity contribution in [1.29, 1.82) is 0 Å². The second kappa shape index (κ2) is 9.57. The first kappa shape index (κ1) is 17.8. The molecule has 2 aromatic rings. The molecule has 0 radical (unpaired) electrons. The summed E-state index contributed by atoms with van der Waals surface area (Å²) in [5, 5.41) is 5.37. The maximum Gasteiger partial charge on any atom is 0.275 e. The van der Waals surface area contributed by atoms with Crippen molar-refractivity contribution in [3.8, 4) is 0 Å². The first-order valence-electron chi connectivity index (χ1n) is 8.09. The summed E-state index contributed by atoms with van der Waals surface area (Å²) in [6.45, 7) is 3.93. The van der Waals surface area contributed by atoms with E-state index in [9.17, 15) is 9.59 Å². The van der Waals surface area contributed by atoms with Gasteiger partial charge >= 0.3 is 0 Å². The van der Waals surface area contributed by atoms with Crippen LogP contribution < -0.4 is 15.5 Å². The minimum absolute atomic E-state index is 0.00633. The molecular weight excluding hydrogens is 310 g/mol. The topological polar surface area (TPSA) is 88.9 Å². The molecule has 7 nitrogen and oxygen atoms in total. The van der Waals surface area contributed by atoms with Crippen molar-refractivity contribution >= 4 is 11.8 Å². The van der Waals surface area contributed by atoms with Gasteiger partial charge in [0.2, 0.25) is 5.91 Å². The van der Waals surface area contributed by atoms with Crippen LogP contribution in [0.25, 0.3) is 0 Å². The molecule has 0 aliphatic carbocycles. The summed E-state index contributed by atoms with van der Waals surface area (Å²) in [5.74, 6) is 1.23. The van der Waals surface area contributed by atoms with Gasteiger partial charge < -0.3 is 24.4 Å². The number of furan rings is 2.